The van der Waals surface area contributed by atoms with Gasteiger partial charge in [-0.05, 0) is 65.7 Å². The SMILES string of the molecule is c1ccc(-c2nc(-c3ccccc3)nc(-n3c4ccccc4c4cc(-c5ccc6c(c5)Sc5ccccc5N6c5cccc6c5oc5ccccc56)ccc43)n2)cc1. The fraction of sp³-hybridized carbons (Fsp3) is 0. The Morgan fingerprint density at radius 3 is 1.81 bits per heavy atom. The van der Waals surface area contributed by atoms with Gasteiger partial charge in [-0.1, -0.05) is 145 Å². The third-order valence-corrected chi connectivity index (χ3v) is 12.2. The molecular formula is C51H31N5OS. The van der Waals surface area contributed by atoms with Gasteiger partial charge in [0, 0.05) is 42.5 Å². The lowest BCUT2D eigenvalue weighted by molar-refractivity contribution is 0.669. The molecule has 0 saturated heterocycles. The van der Waals surface area contributed by atoms with Crippen LogP contribution in [0.1, 0.15) is 0 Å². The molecule has 58 heavy (non-hydrogen) atoms. The molecule has 1 aliphatic heterocycles. The second-order valence-corrected chi connectivity index (χ2v) is 15.5. The number of nitrogens with zero attached hydrogens (tertiary/aromatic N) is 5. The van der Waals surface area contributed by atoms with Gasteiger partial charge in [0.2, 0.25) is 5.95 Å². The predicted molar refractivity (Wildman–Crippen MR) is 237 cm³/mol. The Kier molecular flexibility index (Phi) is 7.36. The molecular weight excluding hydrogens is 731 g/mol. The van der Waals surface area contributed by atoms with E-state index in [-0.39, 0.29) is 0 Å². The number of anilines is 3. The van der Waals surface area contributed by atoms with E-state index in [4.69, 9.17) is 19.4 Å². The van der Waals surface area contributed by atoms with Crippen molar-refractivity contribution in [3.8, 4) is 39.9 Å². The molecule has 272 valence electrons. The average molecular weight is 762 g/mol. The van der Waals surface area contributed by atoms with Crippen molar-refractivity contribution in [3.05, 3.63) is 188 Å². The highest BCUT2D eigenvalue weighted by molar-refractivity contribution is 7.99. The monoisotopic (exact) mass is 761 g/mol. The van der Waals surface area contributed by atoms with Crippen molar-refractivity contribution in [1.82, 2.24) is 19.5 Å². The van der Waals surface area contributed by atoms with E-state index in [1.165, 1.54) is 9.79 Å². The molecule has 11 aromatic rings. The standard InChI is InChI=1S/C51H31N5OS/c1-3-14-32(15-4-1)49-52-50(33-16-5-2-6-17-33)54-51(53-49)56-40-21-9-7-18-36(40)39-30-34(26-28-41(39)56)35-27-29-43-47(31-35)58-46-25-12-10-22-42(46)55(43)44-23-13-20-38-37-19-8-11-24-45(37)57-48(38)44/h1-31H. The molecule has 0 saturated carbocycles. The van der Waals surface area contributed by atoms with Gasteiger partial charge in [0.1, 0.15) is 5.58 Å². The Morgan fingerprint density at radius 1 is 0.397 bits per heavy atom. The number of rotatable bonds is 5. The number of fused-ring (bicyclic) bond motifs is 8. The summed E-state index contributed by atoms with van der Waals surface area (Å²) in [5.74, 6) is 1.84. The molecule has 0 aliphatic carbocycles. The number of para-hydroxylation sites is 4. The van der Waals surface area contributed by atoms with Crippen LogP contribution in [0.2, 0.25) is 0 Å². The highest BCUT2D eigenvalue weighted by Crippen LogP contribution is 2.54. The maximum Gasteiger partial charge on any atom is 0.238 e. The van der Waals surface area contributed by atoms with Crippen LogP contribution in [0.15, 0.2) is 202 Å². The van der Waals surface area contributed by atoms with Crippen molar-refractivity contribution in [2.75, 3.05) is 4.90 Å². The lowest BCUT2D eigenvalue weighted by Gasteiger charge is -2.33. The van der Waals surface area contributed by atoms with E-state index in [0.29, 0.717) is 17.6 Å². The van der Waals surface area contributed by atoms with Gasteiger partial charge in [-0.15, -0.1) is 0 Å². The van der Waals surface area contributed by atoms with Crippen LogP contribution in [-0.2, 0) is 0 Å². The quantitative estimate of drug-likeness (QED) is 0.174. The highest BCUT2D eigenvalue weighted by Gasteiger charge is 2.28. The number of benzene rings is 8. The van der Waals surface area contributed by atoms with Crippen molar-refractivity contribution >= 4 is 72.6 Å². The van der Waals surface area contributed by atoms with Crippen LogP contribution < -0.4 is 4.90 Å². The summed E-state index contributed by atoms with van der Waals surface area (Å²) in [6.45, 7) is 0. The molecule has 0 radical (unpaired) electrons. The molecule has 8 aromatic carbocycles. The molecule has 4 heterocycles. The molecule has 1 aliphatic rings. The van der Waals surface area contributed by atoms with Gasteiger partial charge in [-0.3, -0.25) is 4.57 Å². The fourth-order valence-electron chi connectivity index (χ4n) is 8.37. The summed E-state index contributed by atoms with van der Waals surface area (Å²) in [5.41, 5.74) is 11.3. The largest absolute Gasteiger partial charge is 0.454 e. The van der Waals surface area contributed by atoms with Gasteiger partial charge < -0.3 is 9.32 Å². The maximum absolute atomic E-state index is 6.56. The van der Waals surface area contributed by atoms with E-state index >= 15 is 0 Å². The molecule has 12 rings (SSSR count). The molecule has 0 unspecified atom stereocenters. The number of hydrogen-bond acceptors (Lipinski definition) is 6. The fourth-order valence-corrected chi connectivity index (χ4v) is 9.47. The first-order chi connectivity index (χ1) is 28.7. The predicted octanol–water partition coefficient (Wildman–Crippen LogP) is 13.8. The van der Waals surface area contributed by atoms with E-state index in [2.05, 4.69) is 125 Å². The zero-order valence-electron chi connectivity index (χ0n) is 31.0. The highest BCUT2D eigenvalue weighted by atomic mass is 32.2. The smallest absolute Gasteiger partial charge is 0.238 e. The Balaban J connectivity index is 1.01. The van der Waals surface area contributed by atoms with Crippen molar-refractivity contribution in [2.24, 2.45) is 0 Å². The van der Waals surface area contributed by atoms with Crippen molar-refractivity contribution in [3.63, 3.8) is 0 Å². The minimum atomic E-state index is 0.579. The number of hydrogen-bond donors (Lipinski definition) is 0. The Hall–Kier alpha value is -7.48. The van der Waals surface area contributed by atoms with E-state index in [1.54, 1.807) is 0 Å². The molecule has 7 heteroatoms. The average Bonchev–Trinajstić information content (AvgIpc) is 3.84. The second-order valence-electron chi connectivity index (χ2n) is 14.4. The summed E-state index contributed by atoms with van der Waals surface area (Å²) in [6.07, 6.45) is 0. The molecule has 0 fully saturated rings. The Labute approximate surface area is 337 Å². The summed E-state index contributed by atoms with van der Waals surface area (Å²) >= 11 is 1.81. The molecule has 0 amide bonds. The molecule has 0 bridgehead atoms. The molecule has 0 atom stereocenters. The molecule has 0 N–H and O–H groups in total. The Morgan fingerprint density at radius 2 is 1.00 bits per heavy atom. The third-order valence-electron chi connectivity index (χ3n) is 11.0. The van der Waals surface area contributed by atoms with E-state index in [1.807, 2.05) is 84.6 Å². The van der Waals surface area contributed by atoms with Crippen LogP contribution >= 0.6 is 11.8 Å². The van der Waals surface area contributed by atoms with Gasteiger partial charge in [-0.2, -0.15) is 9.97 Å². The minimum absolute atomic E-state index is 0.579. The minimum Gasteiger partial charge on any atom is -0.454 e. The van der Waals surface area contributed by atoms with Crippen LogP contribution in [0.25, 0.3) is 83.6 Å². The van der Waals surface area contributed by atoms with E-state index in [0.717, 1.165) is 83.1 Å². The van der Waals surface area contributed by atoms with Crippen LogP contribution in [0, 0.1) is 0 Å². The molecule has 3 aromatic heterocycles. The van der Waals surface area contributed by atoms with Gasteiger partial charge in [0.15, 0.2) is 17.2 Å². The lowest BCUT2D eigenvalue weighted by atomic mass is 10.0. The zero-order valence-corrected chi connectivity index (χ0v) is 31.8. The van der Waals surface area contributed by atoms with E-state index < -0.39 is 0 Å². The van der Waals surface area contributed by atoms with E-state index in [9.17, 15) is 0 Å². The summed E-state index contributed by atoms with van der Waals surface area (Å²) in [5, 5.41) is 4.49. The summed E-state index contributed by atoms with van der Waals surface area (Å²) < 4.78 is 8.74. The normalized spacial score (nSPS) is 12.4. The summed E-state index contributed by atoms with van der Waals surface area (Å²) in [7, 11) is 0. The topological polar surface area (TPSA) is 60.0 Å². The zero-order chi connectivity index (χ0) is 38.2. The van der Waals surface area contributed by atoms with Gasteiger partial charge in [-0.25, -0.2) is 4.98 Å². The van der Waals surface area contributed by atoms with Crippen LogP contribution in [0.5, 0.6) is 0 Å². The van der Waals surface area contributed by atoms with Crippen LogP contribution in [-0.4, -0.2) is 19.5 Å². The number of aromatic nitrogens is 4. The Bertz CT molecular complexity index is 3330. The maximum atomic E-state index is 6.56. The van der Waals surface area contributed by atoms with Crippen LogP contribution in [0.3, 0.4) is 0 Å². The summed E-state index contributed by atoms with van der Waals surface area (Å²) in [4.78, 5) is 19.9. The van der Waals surface area contributed by atoms with Gasteiger partial charge in [0.05, 0.1) is 28.1 Å². The first-order valence-electron chi connectivity index (χ1n) is 19.3. The molecule has 0 spiro atoms. The summed E-state index contributed by atoms with van der Waals surface area (Å²) in [6, 6.07) is 65.6. The van der Waals surface area contributed by atoms with Gasteiger partial charge >= 0.3 is 0 Å². The third kappa shape index (κ3) is 5.17. The van der Waals surface area contributed by atoms with Crippen LogP contribution in [0.4, 0.5) is 17.1 Å². The van der Waals surface area contributed by atoms with Crippen molar-refractivity contribution in [2.45, 2.75) is 9.79 Å². The van der Waals surface area contributed by atoms with Crippen molar-refractivity contribution in [1.29, 1.82) is 0 Å². The number of furan rings is 1. The second kappa shape index (κ2) is 13.0. The first-order valence-corrected chi connectivity index (χ1v) is 20.1. The van der Waals surface area contributed by atoms with Crippen molar-refractivity contribution < 1.29 is 4.42 Å². The van der Waals surface area contributed by atoms with Gasteiger partial charge in [0.25, 0.3) is 0 Å². The molecule has 6 nitrogen and oxygen atoms in total. The lowest BCUT2D eigenvalue weighted by Crippen LogP contribution is -2.15. The first kappa shape index (κ1) is 32.7.